The molecule has 1 aromatic carbocycles. The first-order chi connectivity index (χ1) is 13.5. The van der Waals surface area contributed by atoms with Crippen molar-refractivity contribution in [2.45, 2.75) is 26.3 Å². The van der Waals surface area contributed by atoms with Gasteiger partial charge < -0.3 is 15.0 Å². The number of carbonyl (C=O) groups excluding carboxylic acids is 1. The number of hydrogen-bond acceptors (Lipinski definition) is 4. The molecule has 0 spiro atoms. The summed E-state index contributed by atoms with van der Waals surface area (Å²) in [5, 5.41) is 7.14. The molecule has 150 valence electrons. The Morgan fingerprint density at radius 2 is 2.00 bits per heavy atom. The summed E-state index contributed by atoms with van der Waals surface area (Å²) in [4.78, 5) is 16.8. The molecule has 1 atom stereocenters. The van der Waals surface area contributed by atoms with E-state index in [0.29, 0.717) is 30.5 Å². The van der Waals surface area contributed by atoms with Gasteiger partial charge in [0.15, 0.2) is 5.82 Å². The number of amides is 2. The number of nitrogens with zero attached hydrogens (tertiary/aromatic N) is 4. The molecule has 0 aliphatic carbocycles. The predicted octanol–water partition coefficient (Wildman–Crippen LogP) is 2.57. The largest absolute Gasteiger partial charge is 0.379 e. The van der Waals surface area contributed by atoms with Gasteiger partial charge in [-0.25, -0.2) is 13.9 Å². The van der Waals surface area contributed by atoms with Gasteiger partial charge in [-0.15, -0.1) is 0 Å². The molecule has 28 heavy (non-hydrogen) atoms. The van der Waals surface area contributed by atoms with Gasteiger partial charge in [0.2, 0.25) is 0 Å². The molecule has 8 heteroatoms. The van der Waals surface area contributed by atoms with Crippen molar-refractivity contribution >= 4 is 11.7 Å². The second-order valence-corrected chi connectivity index (χ2v) is 7.47. The fraction of sp³-hybridized carbons (Fsp3) is 0.500. The molecule has 0 saturated carbocycles. The lowest BCUT2D eigenvalue weighted by molar-refractivity contribution is 0.0192. The van der Waals surface area contributed by atoms with E-state index in [-0.39, 0.29) is 6.03 Å². The summed E-state index contributed by atoms with van der Waals surface area (Å²) < 4.78 is 21.6. The van der Waals surface area contributed by atoms with E-state index in [0.717, 1.165) is 44.1 Å². The average molecular weight is 387 g/mol. The van der Waals surface area contributed by atoms with E-state index >= 15 is 0 Å². The molecular weight excluding hydrogens is 361 g/mol. The Hall–Kier alpha value is -2.45. The summed E-state index contributed by atoms with van der Waals surface area (Å²) in [7, 11) is 0. The highest BCUT2D eigenvalue weighted by atomic mass is 19.1. The number of aromatic nitrogens is 2. The minimum Gasteiger partial charge on any atom is -0.379 e. The third kappa shape index (κ3) is 3.88. The molecule has 7 nitrogen and oxygen atoms in total. The van der Waals surface area contributed by atoms with Crippen LogP contribution >= 0.6 is 0 Å². The Balaban J connectivity index is 1.39. The number of nitrogens with one attached hydrogen (secondary N) is 1. The zero-order valence-electron chi connectivity index (χ0n) is 16.3. The number of halogens is 1. The van der Waals surface area contributed by atoms with E-state index in [2.05, 4.69) is 15.3 Å². The Morgan fingerprint density at radius 1 is 1.21 bits per heavy atom. The van der Waals surface area contributed by atoms with Crippen molar-refractivity contribution in [2.24, 2.45) is 0 Å². The number of ether oxygens (including phenoxy) is 1. The molecule has 4 rings (SSSR count). The van der Waals surface area contributed by atoms with Crippen molar-refractivity contribution in [3.63, 3.8) is 0 Å². The van der Waals surface area contributed by atoms with Crippen molar-refractivity contribution in [2.75, 3.05) is 44.7 Å². The Bertz CT molecular complexity index is 862. The van der Waals surface area contributed by atoms with E-state index < -0.39 is 5.82 Å². The van der Waals surface area contributed by atoms with E-state index in [4.69, 9.17) is 4.74 Å². The van der Waals surface area contributed by atoms with Gasteiger partial charge in [-0.05, 0) is 44.5 Å². The number of anilines is 1. The number of morpholine rings is 1. The zero-order valence-corrected chi connectivity index (χ0v) is 16.3. The average Bonchev–Trinajstić information content (AvgIpc) is 3.29. The van der Waals surface area contributed by atoms with Crippen LogP contribution in [-0.4, -0.2) is 71.0 Å². The molecule has 3 heterocycles. The van der Waals surface area contributed by atoms with Crippen molar-refractivity contribution in [3.8, 4) is 5.69 Å². The van der Waals surface area contributed by atoms with Gasteiger partial charge >= 0.3 is 6.03 Å². The van der Waals surface area contributed by atoms with Crippen LogP contribution in [0.3, 0.4) is 0 Å². The van der Waals surface area contributed by atoms with Gasteiger partial charge in [0.25, 0.3) is 0 Å². The molecule has 0 bridgehead atoms. The van der Waals surface area contributed by atoms with Gasteiger partial charge in [-0.3, -0.25) is 4.90 Å². The van der Waals surface area contributed by atoms with Crippen LogP contribution in [0.2, 0.25) is 0 Å². The summed E-state index contributed by atoms with van der Waals surface area (Å²) in [6.45, 7) is 8.49. The molecule has 1 aromatic heterocycles. The van der Waals surface area contributed by atoms with Crippen molar-refractivity contribution in [3.05, 3.63) is 41.5 Å². The number of likely N-dealkylation sites (tertiary alicyclic amines) is 1. The van der Waals surface area contributed by atoms with E-state index in [9.17, 15) is 9.18 Å². The van der Waals surface area contributed by atoms with Gasteiger partial charge in [-0.1, -0.05) is 0 Å². The summed E-state index contributed by atoms with van der Waals surface area (Å²) in [6, 6.07) is 6.79. The normalized spacial score (nSPS) is 20.5. The number of carbonyl (C=O) groups is 1. The SMILES string of the molecule is Cc1cc(C)n(-c2ccc(NC(=O)N3CCC(N4CCOCC4)C3)cc2F)n1. The van der Waals surface area contributed by atoms with Crippen LogP contribution in [0.15, 0.2) is 24.3 Å². The van der Waals surface area contributed by atoms with Gasteiger partial charge in [0, 0.05) is 43.6 Å². The zero-order chi connectivity index (χ0) is 19.7. The smallest absolute Gasteiger partial charge is 0.321 e. The highest BCUT2D eigenvalue weighted by Crippen LogP contribution is 2.22. The maximum atomic E-state index is 14.6. The van der Waals surface area contributed by atoms with E-state index in [1.54, 1.807) is 21.7 Å². The topological polar surface area (TPSA) is 62.6 Å². The Morgan fingerprint density at radius 3 is 2.68 bits per heavy atom. The number of aryl methyl sites for hydroxylation is 2. The molecule has 2 amide bonds. The van der Waals surface area contributed by atoms with Crippen molar-refractivity contribution in [1.29, 1.82) is 0 Å². The Kier molecular flexibility index (Phi) is 5.32. The summed E-state index contributed by atoms with van der Waals surface area (Å²) in [5.74, 6) is -0.420. The van der Waals surface area contributed by atoms with Crippen LogP contribution < -0.4 is 5.32 Å². The number of rotatable bonds is 3. The molecule has 1 N–H and O–H groups in total. The summed E-state index contributed by atoms with van der Waals surface area (Å²) in [5.41, 5.74) is 2.51. The molecule has 2 aromatic rings. The predicted molar refractivity (Wildman–Crippen MR) is 104 cm³/mol. The van der Waals surface area contributed by atoms with Gasteiger partial charge in [0.1, 0.15) is 5.69 Å². The molecule has 0 radical (unpaired) electrons. The highest BCUT2D eigenvalue weighted by Gasteiger charge is 2.31. The first kappa shape index (κ1) is 18.9. The maximum absolute atomic E-state index is 14.6. The quantitative estimate of drug-likeness (QED) is 0.879. The van der Waals surface area contributed by atoms with Crippen molar-refractivity contribution < 1.29 is 13.9 Å². The van der Waals surface area contributed by atoms with Gasteiger partial charge in [-0.2, -0.15) is 5.10 Å². The van der Waals surface area contributed by atoms with Crippen LogP contribution in [0.25, 0.3) is 5.69 Å². The fourth-order valence-electron chi connectivity index (χ4n) is 4.00. The van der Waals surface area contributed by atoms with Crippen LogP contribution in [0.4, 0.5) is 14.9 Å². The third-order valence-corrected chi connectivity index (χ3v) is 5.45. The van der Waals surface area contributed by atoms with Crippen LogP contribution in [0.5, 0.6) is 0 Å². The first-order valence-corrected chi connectivity index (χ1v) is 9.72. The van der Waals surface area contributed by atoms with Crippen LogP contribution in [-0.2, 0) is 4.74 Å². The minimum atomic E-state index is -0.420. The monoisotopic (exact) mass is 387 g/mol. The molecule has 2 fully saturated rings. The van der Waals surface area contributed by atoms with E-state index in [1.807, 2.05) is 19.9 Å². The summed E-state index contributed by atoms with van der Waals surface area (Å²) in [6.07, 6.45) is 0.957. The molecule has 1 unspecified atom stereocenters. The maximum Gasteiger partial charge on any atom is 0.321 e. The second kappa shape index (κ2) is 7.89. The van der Waals surface area contributed by atoms with Crippen LogP contribution in [0.1, 0.15) is 17.8 Å². The van der Waals surface area contributed by atoms with Gasteiger partial charge in [0.05, 0.1) is 18.9 Å². The molecule has 2 aliphatic rings. The standard InChI is InChI=1S/C20H26FN5O2/c1-14-11-15(2)26(23-14)19-4-3-16(12-18(19)21)22-20(27)25-6-5-17(13-25)24-7-9-28-10-8-24/h3-4,11-12,17H,5-10,13H2,1-2H3,(H,22,27). The summed E-state index contributed by atoms with van der Waals surface area (Å²) >= 11 is 0. The van der Waals surface area contributed by atoms with Crippen molar-refractivity contribution in [1.82, 2.24) is 19.6 Å². The van der Waals surface area contributed by atoms with Crippen LogP contribution in [0, 0.1) is 19.7 Å². The molecule has 2 saturated heterocycles. The lowest BCUT2D eigenvalue weighted by atomic mass is 10.2. The minimum absolute atomic E-state index is 0.186. The fourth-order valence-corrected chi connectivity index (χ4v) is 4.00. The number of benzene rings is 1. The molecule has 2 aliphatic heterocycles. The second-order valence-electron chi connectivity index (χ2n) is 7.47. The Labute approximate surface area is 164 Å². The number of hydrogen-bond donors (Lipinski definition) is 1. The first-order valence-electron chi connectivity index (χ1n) is 9.72. The number of urea groups is 1. The third-order valence-electron chi connectivity index (χ3n) is 5.45. The lowest BCUT2D eigenvalue weighted by Crippen LogP contribution is -2.45. The highest BCUT2D eigenvalue weighted by molar-refractivity contribution is 5.89. The molecular formula is C20H26FN5O2. The van der Waals surface area contributed by atoms with E-state index in [1.165, 1.54) is 6.07 Å². The lowest BCUT2D eigenvalue weighted by Gasteiger charge is -2.32.